The Labute approximate surface area is 72.6 Å². The normalized spacial score (nSPS) is 10.1. The van der Waals surface area contributed by atoms with Crippen molar-refractivity contribution in [3.05, 3.63) is 48.2 Å². The highest BCUT2D eigenvalue weighted by Gasteiger charge is 1.82. The summed E-state index contributed by atoms with van der Waals surface area (Å²) in [5.41, 5.74) is 4.68. The summed E-state index contributed by atoms with van der Waals surface area (Å²) >= 11 is 0. The molecule has 0 fully saturated rings. The lowest BCUT2D eigenvalue weighted by Gasteiger charge is -1.94. The second kappa shape index (κ2) is 4.34. The summed E-state index contributed by atoms with van der Waals surface area (Å²) in [7, 11) is 0. The molecule has 2 nitrogen and oxygen atoms in total. The number of rotatable bonds is 3. The van der Waals surface area contributed by atoms with Gasteiger partial charge in [0.05, 0.1) is 6.21 Å². The van der Waals surface area contributed by atoms with Crippen molar-refractivity contribution in [2.24, 2.45) is 5.10 Å². The Balaban J connectivity index is 2.52. The van der Waals surface area contributed by atoms with E-state index in [1.807, 2.05) is 37.3 Å². The Kier molecular flexibility index (Phi) is 3.08. The summed E-state index contributed by atoms with van der Waals surface area (Å²) in [5.74, 6) is 0. The Hall–Kier alpha value is -1.57. The van der Waals surface area contributed by atoms with Crippen LogP contribution in [0.15, 0.2) is 47.7 Å². The van der Waals surface area contributed by atoms with Gasteiger partial charge in [-0.3, -0.25) is 5.43 Å². The number of hydrazone groups is 1. The van der Waals surface area contributed by atoms with Gasteiger partial charge in [-0.2, -0.15) is 5.10 Å². The maximum absolute atomic E-state index is 3.97. The highest BCUT2D eigenvalue weighted by Crippen LogP contribution is 1.93. The lowest BCUT2D eigenvalue weighted by molar-refractivity contribution is 0.899. The van der Waals surface area contributed by atoms with Crippen molar-refractivity contribution >= 4 is 6.21 Å². The van der Waals surface area contributed by atoms with Crippen LogP contribution in [-0.4, -0.2) is 6.21 Å². The first-order valence-electron chi connectivity index (χ1n) is 3.78. The van der Waals surface area contributed by atoms with Crippen molar-refractivity contribution in [2.45, 2.75) is 6.92 Å². The third-order valence-corrected chi connectivity index (χ3v) is 1.27. The Bertz CT molecular complexity index is 275. The fraction of sp³-hybridized carbons (Fsp3) is 0.100. The van der Waals surface area contributed by atoms with E-state index in [2.05, 4.69) is 17.1 Å². The van der Waals surface area contributed by atoms with Crippen LogP contribution in [0.2, 0.25) is 0 Å². The first-order valence-corrected chi connectivity index (χ1v) is 3.78. The van der Waals surface area contributed by atoms with E-state index in [1.54, 1.807) is 6.21 Å². The molecule has 0 radical (unpaired) electrons. The van der Waals surface area contributed by atoms with Crippen molar-refractivity contribution in [1.82, 2.24) is 5.43 Å². The van der Waals surface area contributed by atoms with Crippen molar-refractivity contribution in [2.75, 3.05) is 0 Å². The zero-order valence-corrected chi connectivity index (χ0v) is 7.12. The number of benzene rings is 1. The van der Waals surface area contributed by atoms with Gasteiger partial charge in [0.25, 0.3) is 0 Å². The SMILES string of the molecule is C=C(C)N/N=C/c1ccccc1. The second-order valence-electron chi connectivity index (χ2n) is 2.56. The fourth-order valence-corrected chi connectivity index (χ4v) is 0.756. The zero-order valence-electron chi connectivity index (χ0n) is 7.12. The van der Waals surface area contributed by atoms with E-state index in [4.69, 9.17) is 0 Å². The first-order chi connectivity index (χ1) is 5.79. The van der Waals surface area contributed by atoms with Gasteiger partial charge in [-0.15, -0.1) is 0 Å². The molecule has 0 atom stereocenters. The minimum absolute atomic E-state index is 0.835. The number of nitrogens with one attached hydrogen (secondary N) is 1. The van der Waals surface area contributed by atoms with Gasteiger partial charge in [0.2, 0.25) is 0 Å². The minimum Gasteiger partial charge on any atom is -0.284 e. The molecule has 0 aliphatic rings. The summed E-state index contributed by atoms with van der Waals surface area (Å²) in [6.07, 6.45) is 1.76. The van der Waals surface area contributed by atoms with Crippen LogP contribution in [0.5, 0.6) is 0 Å². The second-order valence-corrected chi connectivity index (χ2v) is 2.56. The van der Waals surface area contributed by atoms with Crippen LogP contribution < -0.4 is 5.43 Å². The molecule has 0 amide bonds. The van der Waals surface area contributed by atoms with Crippen LogP contribution in [0, 0.1) is 0 Å². The van der Waals surface area contributed by atoms with Gasteiger partial charge in [-0.1, -0.05) is 36.9 Å². The minimum atomic E-state index is 0.835. The highest BCUT2D eigenvalue weighted by atomic mass is 15.3. The van der Waals surface area contributed by atoms with Crippen LogP contribution in [0.3, 0.4) is 0 Å². The van der Waals surface area contributed by atoms with Gasteiger partial charge in [0, 0.05) is 5.70 Å². The lowest BCUT2D eigenvalue weighted by Crippen LogP contribution is -2.00. The first kappa shape index (κ1) is 8.53. The molecule has 0 aromatic heterocycles. The zero-order chi connectivity index (χ0) is 8.81. The van der Waals surface area contributed by atoms with Gasteiger partial charge in [0.15, 0.2) is 0 Å². The molecule has 0 unspecified atom stereocenters. The maximum atomic E-state index is 3.97. The standard InChI is InChI=1S/C10H12N2/c1-9(2)12-11-8-10-6-4-3-5-7-10/h3-8,12H,1H2,2H3/b11-8+. The molecule has 1 aromatic carbocycles. The Morgan fingerprint density at radius 2 is 2.08 bits per heavy atom. The summed E-state index contributed by atoms with van der Waals surface area (Å²) in [5, 5.41) is 3.97. The van der Waals surface area contributed by atoms with Crippen LogP contribution in [0.4, 0.5) is 0 Å². The molecule has 0 aliphatic carbocycles. The van der Waals surface area contributed by atoms with Crippen molar-refractivity contribution in [1.29, 1.82) is 0 Å². The van der Waals surface area contributed by atoms with Crippen LogP contribution in [0.1, 0.15) is 12.5 Å². The summed E-state index contributed by atoms with van der Waals surface area (Å²) in [6.45, 7) is 5.52. The van der Waals surface area contributed by atoms with E-state index in [1.165, 1.54) is 0 Å². The Morgan fingerprint density at radius 1 is 1.42 bits per heavy atom. The average molecular weight is 160 g/mol. The average Bonchev–Trinajstić information content (AvgIpc) is 2.05. The molecule has 0 bridgehead atoms. The quantitative estimate of drug-likeness (QED) is 0.531. The van der Waals surface area contributed by atoms with Gasteiger partial charge >= 0.3 is 0 Å². The van der Waals surface area contributed by atoms with E-state index in [-0.39, 0.29) is 0 Å². The summed E-state index contributed by atoms with van der Waals surface area (Å²) in [6, 6.07) is 9.90. The molecular formula is C10H12N2. The smallest absolute Gasteiger partial charge is 0.0544 e. The van der Waals surface area contributed by atoms with E-state index in [9.17, 15) is 0 Å². The predicted molar refractivity (Wildman–Crippen MR) is 52.0 cm³/mol. The number of nitrogens with zero attached hydrogens (tertiary/aromatic N) is 1. The third-order valence-electron chi connectivity index (χ3n) is 1.27. The van der Waals surface area contributed by atoms with Gasteiger partial charge in [-0.05, 0) is 12.5 Å². The molecule has 1 aromatic rings. The van der Waals surface area contributed by atoms with E-state index >= 15 is 0 Å². The van der Waals surface area contributed by atoms with Crippen LogP contribution >= 0.6 is 0 Å². The molecule has 1 rings (SSSR count). The lowest BCUT2D eigenvalue weighted by atomic mass is 10.2. The molecule has 1 N–H and O–H groups in total. The molecule has 0 aliphatic heterocycles. The van der Waals surface area contributed by atoms with E-state index in [0.29, 0.717) is 0 Å². The van der Waals surface area contributed by atoms with Crippen molar-refractivity contribution in [3.8, 4) is 0 Å². The summed E-state index contributed by atoms with van der Waals surface area (Å²) < 4.78 is 0. The number of hydrogen-bond donors (Lipinski definition) is 1. The van der Waals surface area contributed by atoms with Gasteiger partial charge in [0.1, 0.15) is 0 Å². The third kappa shape index (κ3) is 3.01. The molecule has 0 spiro atoms. The van der Waals surface area contributed by atoms with Gasteiger partial charge < -0.3 is 0 Å². The van der Waals surface area contributed by atoms with Crippen molar-refractivity contribution in [3.63, 3.8) is 0 Å². The van der Waals surface area contributed by atoms with Crippen LogP contribution in [0.25, 0.3) is 0 Å². The number of hydrogen-bond acceptors (Lipinski definition) is 2. The highest BCUT2D eigenvalue weighted by molar-refractivity contribution is 5.79. The van der Waals surface area contributed by atoms with E-state index in [0.717, 1.165) is 11.3 Å². The van der Waals surface area contributed by atoms with E-state index < -0.39 is 0 Å². The summed E-state index contributed by atoms with van der Waals surface area (Å²) in [4.78, 5) is 0. The predicted octanol–water partition coefficient (Wildman–Crippen LogP) is 2.14. The van der Waals surface area contributed by atoms with Gasteiger partial charge in [-0.25, -0.2) is 0 Å². The molecular weight excluding hydrogens is 148 g/mol. The van der Waals surface area contributed by atoms with Crippen LogP contribution in [-0.2, 0) is 0 Å². The largest absolute Gasteiger partial charge is 0.284 e. The molecule has 0 saturated carbocycles. The molecule has 62 valence electrons. The fourth-order valence-electron chi connectivity index (χ4n) is 0.756. The number of allylic oxidation sites excluding steroid dienone is 1. The molecule has 0 heterocycles. The Morgan fingerprint density at radius 3 is 2.67 bits per heavy atom. The molecule has 2 heteroatoms. The maximum Gasteiger partial charge on any atom is 0.0544 e. The molecule has 12 heavy (non-hydrogen) atoms. The molecule has 0 saturated heterocycles. The van der Waals surface area contributed by atoms with Crippen molar-refractivity contribution < 1.29 is 0 Å². The topological polar surface area (TPSA) is 24.4 Å². The monoisotopic (exact) mass is 160 g/mol.